The Balaban J connectivity index is 1.48. The molecule has 0 unspecified atom stereocenters. The average Bonchev–Trinajstić information content (AvgIpc) is 3.33. The lowest BCUT2D eigenvalue weighted by Crippen LogP contribution is -2.20. The minimum absolute atomic E-state index is 0.130. The maximum Gasteiger partial charge on any atom is 0.250 e. The second kappa shape index (κ2) is 12.2. The van der Waals surface area contributed by atoms with Crippen LogP contribution >= 0.6 is 23.5 Å². The molecule has 1 N–H and O–H groups in total. The summed E-state index contributed by atoms with van der Waals surface area (Å²) in [5.41, 5.74) is 5.15. The fraction of sp³-hybridized carbons (Fsp3) is 0.160. The number of nitrogens with zero attached hydrogens (tertiary/aromatic N) is 5. The standard InChI is InChI=1S/C25H24N6O2S2/c1-3-33-21-10-8-20(9-11-21)31-24(19-5-4-14-26-16-19)29-30-25(31)35-17-23(32)28-27-15-18-6-12-22(34-2)13-7-18/h4-16H,3,17H2,1-2H3,(H,28,32)/b27-15+. The number of carbonyl (C=O) groups excluding carboxylic acids is 1. The summed E-state index contributed by atoms with van der Waals surface area (Å²) in [6, 6.07) is 19.4. The SMILES string of the molecule is CCOc1ccc(-n2c(SCC(=O)N/N=C/c3ccc(SC)cc3)nnc2-c2cccnc2)cc1. The Morgan fingerprint density at radius 3 is 2.60 bits per heavy atom. The van der Waals surface area contributed by atoms with Gasteiger partial charge in [0.2, 0.25) is 0 Å². The first-order valence-electron chi connectivity index (χ1n) is 10.9. The normalized spacial score (nSPS) is 11.0. The molecule has 0 fully saturated rings. The smallest absolute Gasteiger partial charge is 0.250 e. The Morgan fingerprint density at radius 1 is 1.11 bits per heavy atom. The first-order valence-corrected chi connectivity index (χ1v) is 13.1. The van der Waals surface area contributed by atoms with Crippen LogP contribution in [0.3, 0.4) is 0 Å². The van der Waals surface area contributed by atoms with Gasteiger partial charge in [0, 0.05) is 28.5 Å². The van der Waals surface area contributed by atoms with E-state index in [4.69, 9.17) is 4.74 Å². The monoisotopic (exact) mass is 504 g/mol. The van der Waals surface area contributed by atoms with Crippen LogP contribution in [0.2, 0.25) is 0 Å². The van der Waals surface area contributed by atoms with E-state index in [1.54, 1.807) is 30.4 Å². The lowest BCUT2D eigenvalue weighted by atomic mass is 10.2. The molecule has 0 saturated carbocycles. The molecule has 2 aromatic carbocycles. The summed E-state index contributed by atoms with van der Waals surface area (Å²) in [7, 11) is 0. The molecule has 0 saturated heterocycles. The molecule has 0 spiro atoms. The second-order valence-corrected chi connectivity index (χ2v) is 8.99. The number of aromatic nitrogens is 4. The molecular weight excluding hydrogens is 480 g/mol. The van der Waals surface area contributed by atoms with Gasteiger partial charge in [0.05, 0.1) is 18.6 Å². The predicted octanol–water partition coefficient (Wildman–Crippen LogP) is 4.69. The highest BCUT2D eigenvalue weighted by Gasteiger charge is 2.17. The van der Waals surface area contributed by atoms with E-state index in [2.05, 4.69) is 25.7 Å². The van der Waals surface area contributed by atoms with Crippen molar-refractivity contribution in [1.29, 1.82) is 0 Å². The van der Waals surface area contributed by atoms with Crippen LogP contribution in [0.4, 0.5) is 0 Å². The van der Waals surface area contributed by atoms with Crippen molar-refractivity contribution in [2.24, 2.45) is 5.10 Å². The van der Waals surface area contributed by atoms with Crippen LogP contribution in [0, 0.1) is 0 Å². The third-order valence-corrected chi connectivity index (χ3v) is 6.48. The summed E-state index contributed by atoms with van der Waals surface area (Å²) in [5.74, 6) is 1.31. The van der Waals surface area contributed by atoms with Crippen molar-refractivity contribution in [1.82, 2.24) is 25.2 Å². The number of rotatable bonds is 10. The van der Waals surface area contributed by atoms with Crippen molar-refractivity contribution in [2.75, 3.05) is 18.6 Å². The molecule has 2 aromatic heterocycles. The number of benzene rings is 2. The van der Waals surface area contributed by atoms with Gasteiger partial charge in [-0.25, -0.2) is 5.43 Å². The molecule has 2 heterocycles. The summed E-state index contributed by atoms with van der Waals surface area (Å²) in [6.07, 6.45) is 7.09. The molecule has 0 aliphatic rings. The zero-order valence-electron chi connectivity index (χ0n) is 19.3. The molecule has 0 radical (unpaired) electrons. The number of thioether (sulfide) groups is 2. The van der Waals surface area contributed by atoms with Gasteiger partial charge in [-0.1, -0.05) is 23.9 Å². The number of pyridine rings is 1. The van der Waals surface area contributed by atoms with E-state index in [0.29, 0.717) is 17.6 Å². The zero-order chi connectivity index (χ0) is 24.5. The van der Waals surface area contributed by atoms with Crippen LogP contribution < -0.4 is 10.2 Å². The van der Waals surface area contributed by atoms with Gasteiger partial charge >= 0.3 is 0 Å². The van der Waals surface area contributed by atoms with Gasteiger partial charge in [0.25, 0.3) is 5.91 Å². The van der Waals surface area contributed by atoms with Crippen LogP contribution in [0.1, 0.15) is 12.5 Å². The minimum atomic E-state index is -0.240. The number of hydrogen-bond donors (Lipinski definition) is 1. The number of amides is 1. The largest absolute Gasteiger partial charge is 0.494 e. The number of hydrogen-bond acceptors (Lipinski definition) is 8. The zero-order valence-corrected chi connectivity index (χ0v) is 20.9. The van der Waals surface area contributed by atoms with Crippen LogP contribution in [0.15, 0.2) is 88.2 Å². The minimum Gasteiger partial charge on any atom is -0.494 e. The maximum absolute atomic E-state index is 12.4. The van der Waals surface area contributed by atoms with Crippen molar-refractivity contribution in [2.45, 2.75) is 17.0 Å². The van der Waals surface area contributed by atoms with E-state index in [1.807, 2.05) is 78.4 Å². The van der Waals surface area contributed by atoms with Gasteiger partial charge in [-0.3, -0.25) is 14.3 Å². The Labute approximate surface area is 212 Å². The van der Waals surface area contributed by atoms with E-state index in [1.165, 1.54) is 16.7 Å². The summed E-state index contributed by atoms with van der Waals surface area (Å²) in [5, 5.41) is 13.4. The topological polar surface area (TPSA) is 94.3 Å². The fourth-order valence-corrected chi connectivity index (χ4v) is 4.32. The maximum atomic E-state index is 12.4. The predicted molar refractivity (Wildman–Crippen MR) is 140 cm³/mol. The molecule has 4 rings (SSSR count). The molecule has 0 aliphatic carbocycles. The average molecular weight is 505 g/mol. The third kappa shape index (κ3) is 6.49. The third-order valence-electron chi connectivity index (χ3n) is 4.81. The highest BCUT2D eigenvalue weighted by atomic mass is 32.2. The van der Waals surface area contributed by atoms with Gasteiger partial charge in [0.1, 0.15) is 5.75 Å². The molecule has 178 valence electrons. The molecule has 0 aliphatic heterocycles. The summed E-state index contributed by atoms with van der Waals surface area (Å²) in [4.78, 5) is 17.8. The number of hydrazone groups is 1. The van der Waals surface area contributed by atoms with Crippen LogP contribution in [0.25, 0.3) is 17.1 Å². The molecule has 0 bridgehead atoms. The Hall–Kier alpha value is -3.63. The highest BCUT2D eigenvalue weighted by Crippen LogP contribution is 2.28. The molecule has 0 atom stereocenters. The summed E-state index contributed by atoms with van der Waals surface area (Å²) in [6.45, 7) is 2.54. The molecule has 35 heavy (non-hydrogen) atoms. The Bertz CT molecular complexity index is 1280. The van der Waals surface area contributed by atoms with Crippen LogP contribution in [-0.2, 0) is 4.79 Å². The highest BCUT2D eigenvalue weighted by molar-refractivity contribution is 7.99. The first kappa shape index (κ1) is 24.5. The van der Waals surface area contributed by atoms with Crippen molar-refractivity contribution in [3.63, 3.8) is 0 Å². The molecule has 10 heteroatoms. The summed E-state index contributed by atoms with van der Waals surface area (Å²) < 4.78 is 7.46. The van der Waals surface area contributed by atoms with Gasteiger partial charge in [-0.05, 0) is 67.3 Å². The van der Waals surface area contributed by atoms with Crippen molar-refractivity contribution in [3.8, 4) is 22.8 Å². The second-order valence-electron chi connectivity index (χ2n) is 7.17. The fourth-order valence-electron chi connectivity index (χ4n) is 3.17. The quantitative estimate of drug-likeness (QED) is 0.190. The summed E-state index contributed by atoms with van der Waals surface area (Å²) >= 11 is 2.95. The van der Waals surface area contributed by atoms with E-state index < -0.39 is 0 Å². The van der Waals surface area contributed by atoms with Gasteiger partial charge < -0.3 is 4.74 Å². The molecule has 8 nitrogen and oxygen atoms in total. The number of carbonyl (C=O) groups is 1. The molecule has 1 amide bonds. The molecule has 4 aromatic rings. The molecular formula is C25H24N6O2S2. The van der Waals surface area contributed by atoms with Gasteiger partial charge in [-0.15, -0.1) is 22.0 Å². The van der Waals surface area contributed by atoms with E-state index in [9.17, 15) is 4.79 Å². The van der Waals surface area contributed by atoms with E-state index in [0.717, 1.165) is 22.6 Å². The lowest BCUT2D eigenvalue weighted by Gasteiger charge is -2.11. The lowest BCUT2D eigenvalue weighted by molar-refractivity contribution is -0.118. The van der Waals surface area contributed by atoms with E-state index in [-0.39, 0.29) is 11.7 Å². The van der Waals surface area contributed by atoms with Crippen molar-refractivity contribution >= 4 is 35.6 Å². The van der Waals surface area contributed by atoms with E-state index >= 15 is 0 Å². The van der Waals surface area contributed by atoms with Crippen LogP contribution in [-0.4, -0.2) is 50.5 Å². The Kier molecular flexibility index (Phi) is 8.53. The van der Waals surface area contributed by atoms with Crippen LogP contribution in [0.5, 0.6) is 5.75 Å². The number of nitrogens with one attached hydrogen (secondary N) is 1. The van der Waals surface area contributed by atoms with Crippen molar-refractivity contribution < 1.29 is 9.53 Å². The van der Waals surface area contributed by atoms with Gasteiger partial charge in [0.15, 0.2) is 11.0 Å². The van der Waals surface area contributed by atoms with Crippen molar-refractivity contribution in [3.05, 3.63) is 78.6 Å². The Morgan fingerprint density at radius 2 is 1.91 bits per heavy atom. The number of ether oxygens (including phenoxy) is 1. The first-order chi connectivity index (χ1) is 17.2. The van der Waals surface area contributed by atoms with Gasteiger partial charge in [-0.2, -0.15) is 5.10 Å².